The Morgan fingerprint density at radius 3 is 2.57 bits per heavy atom. The van der Waals surface area contributed by atoms with Crippen LogP contribution in [0.1, 0.15) is 59.8 Å². The minimum absolute atomic E-state index is 0.151. The molecule has 1 saturated heterocycles. The van der Waals surface area contributed by atoms with Gasteiger partial charge in [0.25, 0.3) is 0 Å². The van der Waals surface area contributed by atoms with Gasteiger partial charge < -0.3 is 10.2 Å². The minimum atomic E-state index is -0.972. The smallest absolute Gasteiger partial charge is 0.321 e. The number of allylic oxidation sites excluding steroid dienone is 2. The summed E-state index contributed by atoms with van der Waals surface area (Å²) in [5.41, 5.74) is 0.317. The van der Waals surface area contributed by atoms with E-state index in [1.165, 1.54) is 5.57 Å². The third-order valence-corrected chi connectivity index (χ3v) is 5.57. The Balaban J connectivity index is 2.16. The van der Waals surface area contributed by atoms with Crippen LogP contribution in [0.2, 0.25) is 0 Å². The second-order valence-corrected chi connectivity index (χ2v) is 7.70. The predicted molar refractivity (Wildman–Crippen MR) is 83.1 cm³/mol. The highest BCUT2D eigenvalue weighted by molar-refractivity contribution is 5.74. The molecule has 21 heavy (non-hydrogen) atoms. The van der Waals surface area contributed by atoms with Gasteiger partial charge in [0.1, 0.15) is 6.04 Å². The molecular formula is C17H29NO3. The fourth-order valence-electron chi connectivity index (χ4n) is 4.01. The quantitative estimate of drug-likeness (QED) is 0.700. The van der Waals surface area contributed by atoms with Crippen molar-refractivity contribution in [3.05, 3.63) is 11.6 Å². The van der Waals surface area contributed by atoms with Crippen molar-refractivity contribution in [2.45, 2.75) is 77.0 Å². The molecule has 0 aromatic carbocycles. The zero-order valence-corrected chi connectivity index (χ0v) is 13.6. The highest BCUT2D eigenvalue weighted by Gasteiger charge is 2.48. The Kier molecular flexibility index (Phi) is 4.50. The molecule has 2 aliphatic rings. The predicted octanol–water partition coefficient (Wildman–Crippen LogP) is 2.72. The van der Waals surface area contributed by atoms with E-state index < -0.39 is 17.6 Å². The molecule has 2 rings (SSSR count). The number of hydrogen-bond acceptors (Lipinski definition) is 3. The first-order valence-corrected chi connectivity index (χ1v) is 8.02. The van der Waals surface area contributed by atoms with E-state index in [1.807, 2.05) is 0 Å². The van der Waals surface area contributed by atoms with Crippen molar-refractivity contribution in [2.24, 2.45) is 11.8 Å². The number of carboxylic acids is 1. The van der Waals surface area contributed by atoms with Gasteiger partial charge >= 0.3 is 5.97 Å². The van der Waals surface area contributed by atoms with E-state index in [9.17, 15) is 15.0 Å². The molecule has 1 fully saturated rings. The minimum Gasteiger partial charge on any atom is -0.480 e. The Morgan fingerprint density at radius 1 is 1.43 bits per heavy atom. The first kappa shape index (κ1) is 16.5. The number of aliphatic carboxylic acids is 1. The second kappa shape index (κ2) is 5.73. The lowest BCUT2D eigenvalue weighted by Crippen LogP contribution is -2.64. The van der Waals surface area contributed by atoms with E-state index in [0.717, 1.165) is 32.1 Å². The number of nitrogens with one attached hydrogen (secondary N) is 1. The topological polar surface area (TPSA) is 69.6 Å². The van der Waals surface area contributed by atoms with Crippen molar-refractivity contribution >= 4 is 5.97 Å². The molecule has 0 unspecified atom stereocenters. The number of piperidine rings is 1. The monoisotopic (exact) mass is 295 g/mol. The van der Waals surface area contributed by atoms with Crippen molar-refractivity contribution in [2.75, 3.05) is 0 Å². The number of hydrogen-bond donors (Lipinski definition) is 3. The first-order valence-electron chi connectivity index (χ1n) is 8.02. The fraction of sp³-hybridized carbons (Fsp3) is 0.824. The summed E-state index contributed by atoms with van der Waals surface area (Å²) in [6.45, 7) is 7.75. The van der Waals surface area contributed by atoms with E-state index in [0.29, 0.717) is 5.92 Å². The van der Waals surface area contributed by atoms with Gasteiger partial charge in [-0.2, -0.15) is 0 Å². The van der Waals surface area contributed by atoms with Crippen molar-refractivity contribution in [3.8, 4) is 0 Å². The molecule has 0 saturated carbocycles. The molecule has 1 aliphatic heterocycles. The maximum Gasteiger partial charge on any atom is 0.321 e. The highest BCUT2D eigenvalue weighted by atomic mass is 16.4. The largest absolute Gasteiger partial charge is 0.480 e. The molecule has 3 N–H and O–H groups in total. The van der Waals surface area contributed by atoms with Crippen LogP contribution in [0.4, 0.5) is 0 Å². The third-order valence-electron chi connectivity index (χ3n) is 5.57. The lowest BCUT2D eigenvalue weighted by Gasteiger charge is -2.50. The molecule has 0 aromatic rings. The van der Waals surface area contributed by atoms with Gasteiger partial charge in [-0.3, -0.25) is 10.1 Å². The van der Waals surface area contributed by atoms with Crippen LogP contribution in [-0.4, -0.2) is 33.4 Å². The molecule has 1 aliphatic carbocycles. The average molecular weight is 295 g/mol. The molecule has 120 valence electrons. The van der Waals surface area contributed by atoms with Crippen LogP contribution < -0.4 is 5.32 Å². The average Bonchev–Trinajstić information content (AvgIpc) is 2.37. The Bertz CT molecular complexity index is 438. The Morgan fingerprint density at radius 2 is 2.10 bits per heavy atom. The summed E-state index contributed by atoms with van der Waals surface area (Å²) in [4.78, 5) is 11.6. The molecular weight excluding hydrogens is 266 g/mol. The molecule has 4 nitrogen and oxygen atoms in total. The van der Waals surface area contributed by atoms with Crippen LogP contribution in [-0.2, 0) is 4.79 Å². The Hall–Kier alpha value is -0.870. The van der Waals surface area contributed by atoms with E-state index in [2.05, 4.69) is 25.2 Å². The summed E-state index contributed by atoms with van der Waals surface area (Å²) in [6, 6.07) is -0.671. The van der Waals surface area contributed by atoms with Crippen molar-refractivity contribution in [3.63, 3.8) is 0 Å². The third kappa shape index (κ3) is 3.49. The molecule has 0 amide bonds. The van der Waals surface area contributed by atoms with E-state index >= 15 is 0 Å². The van der Waals surface area contributed by atoms with Crippen LogP contribution in [0.15, 0.2) is 11.6 Å². The standard InChI is InChI=1S/C17H29NO3/c1-11-5-7-12(8-6-11)17(4)10-9-13(16(2,3)21)14(18-17)15(19)20/h5,12-14,18,21H,6-10H2,1-4H3,(H,19,20)/t12-,13-,14-,17-/m0/s1. The molecule has 0 spiro atoms. The van der Waals surface area contributed by atoms with Crippen LogP contribution in [0.5, 0.6) is 0 Å². The van der Waals surface area contributed by atoms with E-state index in [-0.39, 0.29) is 11.5 Å². The summed E-state index contributed by atoms with van der Waals surface area (Å²) >= 11 is 0. The van der Waals surface area contributed by atoms with Crippen molar-refractivity contribution in [1.82, 2.24) is 5.32 Å². The summed E-state index contributed by atoms with van der Waals surface area (Å²) in [6.07, 6.45) is 7.21. The zero-order chi connectivity index (χ0) is 15.8. The van der Waals surface area contributed by atoms with Gasteiger partial charge in [0.15, 0.2) is 0 Å². The molecule has 4 atom stereocenters. The maximum atomic E-state index is 11.6. The lowest BCUT2D eigenvalue weighted by molar-refractivity contribution is -0.148. The number of carboxylic acid groups (broad SMARTS) is 1. The normalized spacial score (nSPS) is 38.0. The lowest BCUT2D eigenvalue weighted by atomic mass is 9.67. The highest BCUT2D eigenvalue weighted by Crippen LogP contribution is 2.41. The molecule has 0 bridgehead atoms. The summed E-state index contributed by atoms with van der Waals surface area (Å²) in [5, 5.41) is 23.2. The van der Waals surface area contributed by atoms with E-state index in [4.69, 9.17) is 0 Å². The van der Waals surface area contributed by atoms with E-state index in [1.54, 1.807) is 13.8 Å². The summed E-state index contributed by atoms with van der Waals surface area (Å²) in [5.74, 6) is -0.620. The number of aliphatic hydroxyl groups is 1. The van der Waals surface area contributed by atoms with Gasteiger partial charge in [-0.05, 0) is 65.7 Å². The summed E-state index contributed by atoms with van der Waals surface area (Å²) in [7, 11) is 0. The fourth-order valence-corrected chi connectivity index (χ4v) is 4.01. The van der Waals surface area contributed by atoms with Crippen LogP contribution in [0.3, 0.4) is 0 Å². The zero-order valence-electron chi connectivity index (χ0n) is 13.6. The number of rotatable bonds is 3. The summed E-state index contributed by atoms with van der Waals surface area (Å²) < 4.78 is 0. The Labute approximate surface area is 127 Å². The van der Waals surface area contributed by atoms with Gasteiger partial charge in [-0.1, -0.05) is 11.6 Å². The van der Waals surface area contributed by atoms with Gasteiger partial charge in [0.05, 0.1) is 5.60 Å². The molecule has 1 heterocycles. The van der Waals surface area contributed by atoms with Crippen LogP contribution >= 0.6 is 0 Å². The van der Waals surface area contributed by atoms with Gasteiger partial charge in [-0.15, -0.1) is 0 Å². The maximum absolute atomic E-state index is 11.6. The van der Waals surface area contributed by atoms with Crippen LogP contribution in [0, 0.1) is 11.8 Å². The SMILES string of the molecule is CC1=CC[C@H]([C@]2(C)CC[C@H](C(C)(C)O)[C@@H](C(=O)O)N2)CC1. The molecule has 4 heteroatoms. The van der Waals surface area contributed by atoms with Gasteiger partial charge in [0, 0.05) is 11.5 Å². The number of carbonyl (C=O) groups is 1. The van der Waals surface area contributed by atoms with Gasteiger partial charge in [-0.25, -0.2) is 0 Å². The van der Waals surface area contributed by atoms with Crippen molar-refractivity contribution in [1.29, 1.82) is 0 Å². The molecule has 0 radical (unpaired) electrons. The first-order chi connectivity index (χ1) is 9.63. The molecule has 0 aromatic heterocycles. The van der Waals surface area contributed by atoms with Crippen LogP contribution in [0.25, 0.3) is 0 Å². The van der Waals surface area contributed by atoms with Gasteiger partial charge in [0.2, 0.25) is 0 Å². The second-order valence-electron chi connectivity index (χ2n) is 7.70. The van der Waals surface area contributed by atoms with Crippen molar-refractivity contribution < 1.29 is 15.0 Å².